The zero-order valence-electron chi connectivity index (χ0n) is 19.9. The van der Waals surface area contributed by atoms with Crippen molar-refractivity contribution in [3.05, 3.63) is 76.0 Å². The number of nitrogens with two attached hydrogens (primary N) is 1. The second-order valence-corrected chi connectivity index (χ2v) is 10.1. The van der Waals surface area contributed by atoms with E-state index in [9.17, 15) is 9.59 Å². The van der Waals surface area contributed by atoms with Gasteiger partial charge in [0.2, 0.25) is 5.91 Å². The molecule has 182 valence electrons. The molecule has 2 fully saturated rings. The van der Waals surface area contributed by atoms with Crippen LogP contribution in [0.25, 0.3) is 11.3 Å². The molecule has 0 aliphatic carbocycles. The van der Waals surface area contributed by atoms with E-state index in [1.54, 1.807) is 6.92 Å². The van der Waals surface area contributed by atoms with Gasteiger partial charge in [0.1, 0.15) is 17.0 Å². The number of nitrogens with zero attached hydrogens (tertiary/aromatic N) is 3. The number of likely N-dealkylation sites (tertiary alicyclic amines) is 2. The highest BCUT2D eigenvalue weighted by atomic mass is 35.5. The normalized spacial score (nSPS) is 20.7. The minimum Gasteiger partial charge on any atom is -0.370 e. The summed E-state index contributed by atoms with van der Waals surface area (Å²) in [6, 6.07) is 15.5. The highest BCUT2D eigenvalue weighted by Gasteiger charge is 2.44. The zero-order valence-corrected chi connectivity index (χ0v) is 20.7. The molecule has 0 spiro atoms. The summed E-state index contributed by atoms with van der Waals surface area (Å²) in [6.07, 6.45) is 0.238. The van der Waals surface area contributed by atoms with Gasteiger partial charge in [0, 0.05) is 49.2 Å². The van der Waals surface area contributed by atoms with E-state index < -0.39 is 0 Å². The lowest BCUT2D eigenvalue weighted by Gasteiger charge is -2.29. The number of fused-ring (bicyclic) bond motifs is 1. The van der Waals surface area contributed by atoms with Crippen LogP contribution in [0.1, 0.15) is 39.7 Å². The van der Waals surface area contributed by atoms with Gasteiger partial charge in [-0.2, -0.15) is 0 Å². The van der Waals surface area contributed by atoms with Crippen LogP contribution in [0, 0.1) is 25.7 Å². The minimum absolute atomic E-state index is 0.0393. The largest absolute Gasteiger partial charge is 0.370 e. The maximum absolute atomic E-state index is 13.5. The van der Waals surface area contributed by atoms with Gasteiger partial charge in [-0.3, -0.25) is 14.5 Å². The molecule has 8 heteroatoms. The van der Waals surface area contributed by atoms with E-state index in [0.29, 0.717) is 47.0 Å². The molecule has 2 amide bonds. The Bertz CT molecular complexity index is 1240. The fourth-order valence-corrected chi connectivity index (χ4v) is 5.68. The molecular formula is C27H29ClN4O3. The summed E-state index contributed by atoms with van der Waals surface area (Å²) < 4.78 is 5.42. The average molecular weight is 493 g/mol. The van der Waals surface area contributed by atoms with Gasteiger partial charge in [-0.15, -0.1) is 0 Å². The van der Waals surface area contributed by atoms with E-state index in [-0.39, 0.29) is 24.3 Å². The third-order valence-electron chi connectivity index (χ3n) is 7.34. The fourth-order valence-electron chi connectivity index (χ4n) is 5.49. The van der Waals surface area contributed by atoms with E-state index in [1.807, 2.05) is 60.4 Å². The van der Waals surface area contributed by atoms with Gasteiger partial charge in [0.25, 0.3) is 5.91 Å². The van der Waals surface area contributed by atoms with Crippen molar-refractivity contribution in [2.45, 2.75) is 26.3 Å². The van der Waals surface area contributed by atoms with Crippen molar-refractivity contribution < 1.29 is 14.1 Å². The zero-order chi connectivity index (χ0) is 24.7. The van der Waals surface area contributed by atoms with Crippen LogP contribution < -0.4 is 5.73 Å². The molecule has 2 aliphatic rings. The van der Waals surface area contributed by atoms with Crippen LogP contribution >= 0.6 is 11.6 Å². The number of amides is 2. The molecule has 1 aromatic heterocycles. The van der Waals surface area contributed by atoms with E-state index in [0.717, 1.165) is 29.8 Å². The molecule has 0 radical (unpaired) electrons. The number of halogens is 1. The van der Waals surface area contributed by atoms with Gasteiger partial charge in [-0.05, 0) is 42.9 Å². The second-order valence-electron chi connectivity index (χ2n) is 9.71. The standard InChI is InChI=1S/C27H29ClN4O3/c1-16-8-9-19(10-22(16)28)23(11-24(29)33)31-12-20-14-32(15-21(20)13-31)27(34)25-17(2)35-30-26(25)18-6-4-3-5-7-18/h3-10,20-21,23H,11-15H2,1-2H3,(H2,29,33). The number of hydrogen-bond donors (Lipinski definition) is 1. The molecule has 3 aromatic rings. The summed E-state index contributed by atoms with van der Waals surface area (Å²) in [5, 5.41) is 4.86. The first-order valence-corrected chi connectivity index (χ1v) is 12.3. The second kappa shape index (κ2) is 9.47. The van der Waals surface area contributed by atoms with Gasteiger partial charge >= 0.3 is 0 Å². The summed E-state index contributed by atoms with van der Waals surface area (Å²) in [5.74, 6) is 0.816. The lowest BCUT2D eigenvalue weighted by molar-refractivity contribution is -0.119. The first-order valence-electron chi connectivity index (χ1n) is 11.9. The van der Waals surface area contributed by atoms with Gasteiger partial charge in [0.15, 0.2) is 0 Å². The summed E-state index contributed by atoms with van der Waals surface area (Å²) in [4.78, 5) is 29.7. The highest BCUT2D eigenvalue weighted by Crippen LogP contribution is 2.39. The van der Waals surface area contributed by atoms with Crippen molar-refractivity contribution in [3.8, 4) is 11.3 Å². The number of aryl methyl sites for hydroxylation is 2. The highest BCUT2D eigenvalue weighted by molar-refractivity contribution is 6.31. The Kier molecular flexibility index (Phi) is 6.38. The number of aromatic nitrogens is 1. The Labute approximate surface area is 209 Å². The predicted octanol–water partition coefficient (Wildman–Crippen LogP) is 4.23. The van der Waals surface area contributed by atoms with Crippen molar-refractivity contribution in [2.24, 2.45) is 17.6 Å². The third kappa shape index (κ3) is 4.58. The number of benzene rings is 2. The van der Waals surface area contributed by atoms with Gasteiger partial charge in [-0.25, -0.2) is 0 Å². The first kappa shape index (κ1) is 23.6. The molecule has 3 atom stereocenters. The Morgan fingerprint density at radius 3 is 2.40 bits per heavy atom. The van der Waals surface area contributed by atoms with E-state index in [1.165, 1.54) is 0 Å². The van der Waals surface area contributed by atoms with E-state index in [2.05, 4.69) is 10.1 Å². The average Bonchev–Trinajstić information content (AvgIpc) is 3.52. The van der Waals surface area contributed by atoms with E-state index in [4.69, 9.17) is 21.9 Å². The number of primary amides is 1. The van der Waals surface area contributed by atoms with Gasteiger partial charge in [0.05, 0.1) is 0 Å². The van der Waals surface area contributed by atoms with Crippen molar-refractivity contribution in [1.29, 1.82) is 0 Å². The summed E-state index contributed by atoms with van der Waals surface area (Å²) >= 11 is 6.38. The van der Waals surface area contributed by atoms with Gasteiger partial charge in [-0.1, -0.05) is 59.2 Å². The molecule has 2 N–H and O–H groups in total. The van der Waals surface area contributed by atoms with Crippen molar-refractivity contribution >= 4 is 23.4 Å². The molecule has 2 aromatic carbocycles. The lowest BCUT2D eigenvalue weighted by Crippen LogP contribution is -2.36. The monoisotopic (exact) mass is 492 g/mol. The Morgan fingerprint density at radius 1 is 1.09 bits per heavy atom. The topological polar surface area (TPSA) is 92.7 Å². The van der Waals surface area contributed by atoms with Crippen LogP contribution in [-0.4, -0.2) is 52.9 Å². The summed E-state index contributed by atoms with van der Waals surface area (Å²) in [7, 11) is 0. The maximum atomic E-state index is 13.5. The predicted molar refractivity (Wildman–Crippen MR) is 134 cm³/mol. The lowest BCUT2D eigenvalue weighted by atomic mass is 10.0. The molecule has 3 heterocycles. The number of rotatable bonds is 6. The maximum Gasteiger partial charge on any atom is 0.259 e. The Balaban J connectivity index is 1.32. The Morgan fingerprint density at radius 2 is 1.77 bits per heavy atom. The Hall–Kier alpha value is -3.16. The van der Waals surface area contributed by atoms with Gasteiger partial charge < -0.3 is 15.2 Å². The van der Waals surface area contributed by atoms with Crippen molar-refractivity contribution in [2.75, 3.05) is 26.2 Å². The summed E-state index contributed by atoms with van der Waals surface area (Å²) in [6.45, 7) is 6.67. The molecule has 0 bridgehead atoms. The van der Waals surface area contributed by atoms with Crippen LogP contribution in [0.15, 0.2) is 53.1 Å². The number of carbonyl (C=O) groups excluding carboxylic acids is 2. The fraction of sp³-hybridized carbons (Fsp3) is 0.370. The molecule has 2 saturated heterocycles. The molecule has 7 nitrogen and oxygen atoms in total. The smallest absolute Gasteiger partial charge is 0.259 e. The summed E-state index contributed by atoms with van der Waals surface area (Å²) in [5.41, 5.74) is 9.60. The molecule has 2 aliphatic heterocycles. The molecular weight excluding hydrogens is 464 g/mol. The molecule has 5 rings (SSSR count). The molecule has 35 heavy (non-hydrogen) atoms. The van der Waals surface area contributed by atoms with Crippen LogP contribution in [-0.2, 0) is 4.79 Å². The number of carbonyl (C=O) groups is 2. The third-order valence-corrected chi connectivity index (χ3v) is 7.75. The van der Waals surface area contributed by atoms with Crippen molar-refractivity contribution in [3.63, 3.8) is 0 Å². The number of hydrogen-bond acceptors (Lipinski definition) is 5. The quantitative estimate of drug-likeness (QED) is 0.555. The SMILES string of the molecule is Cc1ccc(C(CC(N)=O)N2CC3CN(C(=O)c4c(-c5ccccc5)noc4C)CC3C2)cc1Cl. The first-order chi connectivity index (χ1) is 16.8. The van der Waals surface area contributed by atoms with Crippen molar-refractivity contribution in [1.82, 2.24) is 15.0 Å². The van der Waals surface area contributed by atoms with Crippen LogP contribution in [0.4, 0.5) is 0 Å². The minimum atomic E-state index is -0.336. The van der Waals surface area contributed by atoms with Crippen LogP contribution in [0.3, 0.4) is 0 Å². The van der Waals surface area contributed by atoms with Crippen LogP contribution in [0.5, 0.6) is 0 Å². The van der Waals surface area contributed by atoms with E-state index >= 15 is 0 Å². The van der Waals surface area contributed by atoms with Crippen LogP contribution in [0.2, 0.25) is 5.02 Å². The molecule has 3 unspecified atom stereocenters. The molecule has 0 saturated carbocycles.